The van der Waals surface area contributed by atoms with E-state index in [4.69, 9.17) is 15.2 Å². The molecule has 0 saturated heterocycles. The summed E-state index contributed by atoms with van der Waals surface area (Å²) in [4.78, 5) is 2.37. The number of nitrogens with two attached hydrogens (primary N) is 1. The molecule has 0 aliphatic heterocycles. The molecule has 2 N–H and O–H groups in total. The first-order chi connectivity index (χ1) is 9.31. The molecule has 2 aromatic rings. The molecule has 0 aliphatic rings. The van der Waals surface area contributed by atoms with Crippen molar-refractivity contribution in [3.63, 3.8) is 0 Å². The predicted molar refractivity (Wildman–Crippen MR) is 78.8 cm³/mol. The van der Waals surface area contributed by atoms with Crippen LogP contribution < -0.4 is 15.2 Å². The summed E-state index contributed by atoms with van der Waals surface area (Å²) in [6.45, 7) is 4.01. The van der Waals surface area contributed by atoms with Gasteiger partial charge < -0.3 is 15.2 Å². The Hall–Kier alpha value is -1.52. The lowest BCUT2D eigenvalue weighted by Crippen LogP contribution is -1.96. The Morgan fingerprint density at radius 3 is 2.16 bits per heavy atom. The molecule has 0 fully saturated rings. The smallest absolute Gasteiger partial charge is 0.122 e. The fourth-order valence-electron chi connectivity index (χ4n) is 1.62. The summed E-state index contributed by atoms with van der Waals surface area (Å²) in [5.74, 6) is 1.74. The standard InChI is InChI=1S/C15H19NO2S/c1-2-9-17-12-3-5-13(6-4-12)18-11-15-8-7-14(10-16)19-15/h3-8H,2,9-11,16H2,1H3. The van der Waals surface area contributed by atoms with Crippen LogP contribution in [-0.4, -0.2) is 6.61 Å². The molecule has 0 atom stereocenters. The van der Waals surface area contributed by atoms with Crippen LogP contribution in [0.1, 0.15) is 23.1 Å². The molecule has 0 radical (unpaired) electrons. The van der Waals surface area contributed by atoms with Gasteiger partial charge in [0.1, 0.15) is 18.1 Å². The molecular weight excluding hydrogens is 258 g/mol. The molecule has 0 amide bonds. The molecule has 4 heteroatoms. The minimum atomic E-state index is 0.583. The third-order valence-electron chi connectivity index (χ3n) is 2.60. The summed E-state index contributed by atoms with van der Waals surface area (Å²) >= 11 is 1.69. The van der Waals surface area contributed by atoms with Gasteiger partial charge in [-0.25, -0.2) is 0 Å². The van der Waals surface area contributed by atoms with Crippen molar-refractivity contribution in [2.45, 2.75) is 26.5 Å². The second-order valence-electron chi connectivity index (χ2n) is 4.18. The number of hydrogen-bond acceptors (Lipinski definition) is 4. The molecular formula is C15H19NO2S. The van der Waals surface area contributed by atoms with Gasteiger partial charge in [0.25, 0.3) is 0 Å². The van der Waals surface area contributed by atoms with Crippen LogP contribution in [0.4, 0.5) is 0 Å². The minimum Gasteiger partial charge on any atom is -0.494 e. The molecule has 2 rings (SSSR count). The van der Waals surface area contributed by atoms with E-state index in [1.54, 1.807) is 11.3 Å². The van der Waals surface area contributed by atoms with Crippen LogP contribution in [-0.2, 0) is 13.2 Å². The highest BCUT2D eigenvalue weighted by atomic mass is 32.1. The van der Waals surface area contributed by atoms with Crippen molar-refractivity contribution in [2.75, 3.05) is 6.61 Å². The topological polar surface area (TPSA) is 44.5 Å². The second kappa shape index (κ2) is 7.16. The molecule has 3 nitrogen and oxygen atoms in total. The highest BCUT2D eigenvalue weighted by molar-refractivity contribution is 7.11. The van der Waals surface area contributed by atoms with E-state index in [9.17, 15) is 0 Å². The average molecular weight is 277 g/mol. The third kappa shape index (κ3) is 4.26. The molecule has 0 aliphatic carbocycles. The maximum atomic E-state index is 5.72. The van der Waals surface area contributed by atoms with Crippen LogP contribution in [0.25, 0.3) is 0 Å². The lowest BCUT2D eigenvalue weighted by molar-refractivity contribution is 0.304. The minimum absolute atomic E-state index is 0.583. The Labute approximate surface area is 118 Å². The van der Waals surface area contributed by atoms with Crippen LogP contribution in [0, 0.1) is 0 Å². The predicted octanol–water partition coefficient (Wildman–Crippen LogP) is 3.57. The zero-order chi connectivity index (χ0) is 13.5. The van der Waals surface area contributed by atoms with Gasteiger partial charge in [-0.05, 0) is 42.8 Å². The zero-order valence-corrected chi connectivity index (χ0v) is 11.9. The molecule has 0 saturated carbocycles. The van der Waals surface area contributed by atoms with Gasteiger partial charge >= 0.3 is 0 Å². The molecule has 19 heavy (non-hydrogen) atoms. The molecule has 0 bridgehead atoms. The van der Waals surface area contributed by atoms with Gasteiger partial charge in [-0.3, -0.25) is 0 Å². The Morgan fingerprint density at radius 1 is 0.947 bits per heavy atom. The fraction of sp³-hybridized carbons (Fsp3) is 0.333. The Bertz CT molecular complexity index is 493. The third-order valence-corrected chi connectivity index (χ3v) is 3.68. The number of hydrogen-bond donors (Lipinski definition) is 1. The van der Waals surface area contributed by atoms with E-state index >= 15 is 0 Å². The average Bonchev–Trinajstić information content (AvgIpc) is 2.92. The monoisotopic (exact) mass is 277 g/mol. The van der Waals surface area contributed by atoms with E-state index in [-0.39, 0.29) is 0 Å². The van der Waals surface area contributed by atoms with Crippen molar-refractivity contribution in [3.05, 3.63) is 46.2 Å². The summed E-state index contributed by atoms with van der Waals surface area (Å²) in [7, 11) is 0. The molecule has 0 unspecified atom stereocenters. The summed E-state index contributed by atoms with van der Waals surface area (Å²) in [6, 6.07) is 11.8. The maximum Gasteiger partial charge on any atom is 0.122 e. The molecule has 1 aromatic carbocycles. The van der Waals surface area contributed by atoms with E-state index in [1.165, 1.54) is 9.75 Å². The normalized spacial score (nSPS) is 10.4. The van der Waals surface area contributed by atoms with Crippen LogP contribution >= 0.6 is 11.3 Å². The summed E-state index contributed by atoms with van der Waals surface area (Å²) in [5.41, 5.74) is 5.58. The van der Waals surface area contributed by atoms with Crippen molar-refractivity contribution < 1.29 is 9.47 Å². The summed E-state index contributed by atoms with van der Waals surface area (Å²) in [5, 5.41) is 0. The molecule has 1 heterocycles. The zero-order valence-electron chi connectivity index (χ0n) is 11.1. The van der Waals surface area contributed by atoms with Gasteiger partial charge in [0.2, 0.25) is 0 Å². The van der Waals surface area contributed by atoms with Crippen molar-refractivity contribution in [2.24, 2.45) is 5.73 Å². The van der Waals surface area contributed by atoms with Crippen LogP contribution in [0.5, 0.6) is 11.5 Å². The number of ether oxygens (including phenoxy) is 2. The Morgan fingerprint density at radius 2 is 1.58 bits per heavy atom. The van der Waals surface area contributed by atoms with E-state index < -0.39 is 0 Å². The van der Waals surface area contributed by atoms with Crippen LogP contribution in [0.15, 0.2) is 36.4 Å². The van der Waals surface area contributed by atoms with Crippen molar-refractivity contribution in [3.8, 4) is 11.5 Å². The lowest BCUT2D eigenvalue weighted by Gasteiger charge is -2.07. The number of rotatable bonds is 7. The molecule has 0 spiro atoms. The number of thiophene rings is 1. The highest BCUT2D eigenvalue weighted by Crippen LogP contribution is 2.21. The van der Waals surface area contributed by atoms with Gasteiger partial charge in [0, 0.05) is 16.3 Å². The highest BCUT2D eigenvalue weighted by Gasteiger charge is 2.01. The van der Waals surface area contributed by atoms with Crippen molar-refractivity contribution in [1.29, 1.82) is 0 Å². The van der Waals surface area contributed by atoms with Crippen molar-refractivity contribution >= 4 is 11.3 Å². The molecule has 1 aromatic heterocycles. The van der Waals surface area contributed by atoms with E-state index in [0.29, 0.717) is 13.2 Å². The first-order valence-electron chi connectivity index (χ1n) is 6.45. The Kier molecular flexibility index (Phi) is 5.24. The SMILES string of the molecule is CCCOc1ccc(OCc2ccc(CN)s2)cc1. The Balaban J connectivity index is 1.85. The van der Waals surface area contributed by atoms with Gasteiger partial charge in [0.05, 0.1) is 6.61 Å². The maximum absolute atomic E-state index is 5.72. The molecule has 102 valence electrons. The summed E-state index contributed by atoms with van der Waals surface area (Å²) in [6.07, 6.45) is 1.01. The quantitative estimate of drug-likeness (QED) is 0.841. The second-order valence-corrected chi connectivity index (χ2v) is 5.43. The van der Waals surface area contributed by atoms with Crippen LogP contribution in [0.2, 0.25) is 0 Å². The van der Waals surface area contributed by atoms with Gasteiger partial charge in [0.15, 0.2) is 0 Å². The van der Waals surface area contributed by atoms with Gasteiger partial charge in [-0.1, -0.05) is 6.92 Å². The first-order valence-corrected chi connectivity index (χ1v) is 7.26. The lowest BCUT2D eigenvalue weighted by atomic mass is 10.3. The van der Waals surface area contributed by atoms with E-state index in [1.807, 2.05) is 30.3 Å². The van der Waals surface area contributed by atoms with Gasteiger partial charge in [-0.2, -0.15) is 0 Å². The first kappa shape index (κ1) is 13.9. The van der Waals surface area contributed by atoms with Gasteiger partial charge in [-0.15, -0.1) is 11.3 Å². The number of benzene rings is 1. The largest absolute Gasteiger partial charge is 0.494 e. The van der Waals surface area contributed by atoms with Crippen LogP contribution in [0.3, 0.4) is 0 Å². The summed E-state index contributed by atoms with van der Waals surface area (Å²) < 4.78 is 11.2. The van der Waals surface area contributed by atoms with E-state index in [2.05, 4.69) is 13.0 Å². The fourth-order valence-corrected chi connectivity index (χ4v) is 2.43. The van der Waals surface area contributed by atoms with E-state index in [0.717, 1.165) is 24.5 Å². The van der Waals surface area contributed by atoms with Crippen molar-refractivity contribution in [1.82, 2.24) is 0 Å².